The molecule has 4 rings (SSSR count). The first-order chi connectivity index (χ1) is 14.0. The van der Waals surface area contributed by atoms with Crippen molar-refractivity contribution in [2.24, 2.45) is 0 Å². The fourth-order valence-electron chi connectivity index (χ4n) is 3.41. The Labute approximate surface area is 165 Å². The highest BCUT2D eigenvalue weighted by Gasteiger charge is 2.21. The van der Waals surface area contributed by atoms with E-state index >= 15 is 0 Å². The molecule has 4 aromatic rings. The molecule has 1 amide bonds. The number of carbonyl (C=O) groups excluding carboxylic acids is 1. The molecule has 0 saturated carbocycles. The van der Waals surface area contributed by atoms with Crippen LogP contribution in [0.3, 0.4) is 0 Å². The third kappa shape index (κ3) is 3.94. The molecular weight excluding hydrogens is 371 g/mol. The van der Waals surface area contributed by atoms with Crippen LogP contribution in [-0.4, -0.2) is 20.9 Å². The Balaban J connectivity index is 1.72. The molecule has 7 heteroatoms. The van der Waals surface area contributed by atoms with E-state index in [9.17, 15) is 14.0 Å². The van der Waals surface area contributed by atoms with Crippen molar-refractivity contribution < 1.29 is 9.18 Å². The summed E-state index contributed by atoms with van der Waals surface area (Å²) in [6, 6.07) is 14.3. The Morgan fingerprint density at radius 2 is 1.93 bits per heavy atom. The number of aromatic nitrogens is 3. The number of rotatable bonds is 5. The van der Waals surface area contributed by atoms with Gasteiger partial charge in [0.25, 0.3) is 11.5 Å². The molecule has 0 aliphatic carbocycles. The second-order valence-corrected chi connectivity index (χ2v) is 6.83. The van der Waals surface area contributed by atoms with Crippen LogP contribution in [0.2, 0.25) is 0 Å². The molecule has 2 heterocycles. The smallest absolute Gasteiger partial charge is 0.254 e. The van der Waals surface area contributed by atoms with Crippen molar-refractivity contribution in [2.45, 2.75) is 19.4 Å². The number of amides is 1. The zero-order valence-corrected chi connectivity index (χ0v) is 15.7. The zero-order chi connectivity index (χ0) is 20.4. The first-order valence-corrected chi connectivity index (χ1v) is 9.19. The SMILES string of the molecule is Cc1nc([C@H](Cc2c[nH]c3ccccc23)NC(=O)c2ccccc2F)cc(=O)[nH]1. The summed E-state index contributed by atoms with van der Waals surface area (Å²) in [5, 5.41) is 3.85. The van der Waals surface area contributed by atoms with Crippen LogP contribution in [0.5, 0.6) is 0 Å². The summed E-state index contributed by atoms with van der Waals surface area (Å²) in [5.41, 5.74) is 1.98. The maximum absolute atomic E-state index is 14.1. The number of carbonyl (C=O) groups is 1. The molecule has 3 N–H and O–H groups in total. The fraction of sp³-hybridized carbons (Fsp3) is 0.136. The standard InChI is InChI=1S/C22H19FN4O2/c1-13-25-20(11-21(28)26-13)19(27-22(29)16-7-2-4-8-17(16)23)10-14-12-24-18-9-5-3-6-15(14)18/h2-9,11-12,19,24H,10H2,1H3,(H,27,29)(H,25,26,28)/t19-/m0/s1. The summed E-state index contributed by atoms with van der Waals surface area (Å²) in [7, 11) is 0. The van der Waals surface area contributed by atoms with Gasteiger partial charge in [-0.15, -0.1) is 0 Å². The minimum atomic E-state index is -0.609. The van der Waals surface area contributed by atoms with E-state index in [1.807, 2.05) is 30.5 Å². The maximum atomic E-state index is 14.1. The molecule has 0 aliphatic heterocycles. The van der Waals surface area contributed by atoms with Crippen molar-refractivity contribution in [1.82, 2.24) is 20.3 Å². The quantitative estimate of drug-likeness (QED) is 0.488. The molecule has 0 radical (unpaired) electrons. The summed E-state index contributed by atoms with van der Waals surface area (Å²) >= 11 is 0. The summed E-state index contributed by atoms with van der Waals surface area (Å²) in [4.78, 5) is 34.9. The summed E-state index contributed by atoms with van der Waals surface area (Å²) in [5.74, 6) is -0.727. The van der Waals surface area contributed by atoms with Crippen molar-refractivity contribution in [1.29, 1.82) is 0 Å². The van der Waals surface area contributed by atoms with Crippen LogP contribution in [0, 0.1) is 12.7 Å². The van der Waals surface area contributed by atoms with E-state index in [1.165, 1.54) is 24.3 Å². The average molecular weight is 390 g/mol. The monoisotopic (exact) mass is 390 g/mol. The van der Waals surface area contributed by atoms with Crippen molar-refractivity contribution in [3.63, 3.8) is 0 Å². The minimum Gasteiger partial charge on any atom is -0.361 e. The highest BCUT2D eigenvalue weighted by Crippen LogP contribution is 2.24. The highest BCUT2D eigenvalue weighted by atomic mass is 19.1. The molecule has 0 unspecified atom stereocenters. The van der Waals surface area contributed by atoms with E-state index in [1.54, 1.807) is 13.0 Å². The van der Waals surface area contributed by atoms with Gasteiger partial charge in [-0.2, -0.15) is 0 Å². The Kier molecular flexibility index (Phi) is 4.95. The number of aryl methyl sites for hydroxylation is 1. The predicted octanol–water partition coefficient (Wildman–Crippen LogP) is 3.41. The Morgan fingerprint density at radius 1 is 1.17 bits per heavy atom. The van der Waals surface area contributed by atoms with Crippen LogP contribution in [0.15, 0.2) is 65.6 Å². The summed E-state index contributed by atoms with van der Waals surface area (Å²) in [6.07, 6.45) is 2.26. The third-order valence-electron chi connectivity index (χ3n) is 4.76. The number of hydrogen-bond donors (Lipinski definition) is 3. The van der Waals surface area contributed by atoms with Crippen LogP contribution in [-0.2, 0) is 6.42 Å². The van der Waals surface area contributed by atoms with Gasteiger partial charge in [0, 0.05) is 29.6 Å². The molecule has 0 spiro atoms. The van der Waals surface area contributed by atoms with E-state index < -0.39 is 17.8 Å². The molecule has 0 aliphatic rings. The number of halogens is 1. The first kappa shape index (κ1) is 18.6. The first-order valence-electron chi connectivity index (χ1n) is 9.19. The van der Waals surface area contributed by atoms with Crippen LogP contribution in [0.25, 0.3) is 10.9 Å². The van der Waals surface area contributed by atoms with Gasteiger partial charge in [-0.1, -0.05) is 30.3 Å². The van der Waals surface area contributed by atoms with Crippen LogP contribution < -0.4 is 10.9 Å². The van der Waals surface area contributed by atoms with Crippen molar-refractivity contribution in [3.8, 4) is 0 Å². The van der Waals surface area contributed by atoms with Gasteiger partial charge in [0.15, 0.2) is 0 Å². The van der Waals surface area contributed by atoms with Gasteiger partial charge >= 0.3 is 0 Å². The number of fused-ring (bicyclic) bond motifs is 1. The second-order valence-electron chi connectivity index (χ2n) is 6.83. The minimum absolute atomic E-state index is 0.0574. The van der Waals surface area contributed by atoms with Gasteiger partial charge in [-0.05, 0) is 30.7 Å². The molecule has 2 aromatic heterocycles. The maximum Gasteiger partial charge on any atom is 0.254 e. The molecule has 1 atom stereocenters. The van der Waals surface area contributed by atoms with Gasteiger partial charge in [-0.3, -0.25) is 9.59 Å². The third-order valence-corrected chi connectivity index (χ3v) is 4.76. The number of benzene rings is 2. The van der Waals surface area contributed by atoms with Gasteiger partial charge in [-0.25, -0.2) is 9.37 Å². The molecule has 0 bridgehead atoms. The number of hydrogen-bond acceptors (Lipinski definition) is 3. The Hall–Kier alpha value is -3.74. The Bertz CT molecular complexity index is 1240. The molecule has 0 saturated heterocycles. The molecule has 0 fully saturated rings. The number of nitrogens with one attached hydrogen (secondary N) is 3. The predicted molar refractivity (Wildman–Crippen MR) is 108 cm³/mol. The van der Waals surface area contributed by atoms with Crippen molar-refractivity contribution in [2.75, 3.05) is 0 Å². The lowest BCUT2D eigenvalue weighted by Gasteiger charge is -2.19. The largest absolute Gasteiger partial charge is 0.361 e. The van der Waals surface area contributed by atoms with Gasteiger partial charge in [0.05, 0.1) is 17.3 Å². The topological polar surface area (TPSA) is 90.6 Å². The average Bonchev–Trinajstić information content (AvgIpc) is 3.10. The van der Waals surface area contributed by atoms with Crippen LogP contribution >= 0.6 is 0 Å². The van der Waals surface area contributed by atoms with Crippen molar-refractivity contribution >= 4 is 16.8 Å². The molecular formula is C22H19FN4O2. The lowest BCUT2D eigenvalue weighted by Crippen LogP contribution is -2.32. The Morgan fingerprint density at radius 3 is 2.72 bits per heavy atom. The summed E-state index contributed by atoms with van der Waals surface area (Å²) < 4.78 is 14.1. The lowest BCUT2D eigenvalue weighted by molar-refractivity contribution is 0.0931. The zero-order valence-electron chi connectivity index (χ0n) is 15.7. The number of nitrogens with zero attached hydrogens (tertiary/aromatic N) is 1. The number of aromatic amines is 2. The van der Waals surface area contributed by atoms with Gasteiger partial charge < -0.3 is 15.3 Å². The molecule has 29 heavy (non-hydrogen) atoms. The van der Waals surface area contributed by atoms with Crippen molar-refractivity contribution in [3.05, 3.63) is 99.6 Å². The van der Waals surface area contributed by atoms with E-state index in [4.69, 9.17) is 0 Å². The van der Waals surface area contributed by atoms with E-state index in [-0.39, 0.29) is 11.1 Å². The van der Waals surface area contributed by atoms with Gasteiger partial charge in [0.2, 0.25) is 0 Å². The van der Waals surface area contributed by atoms with Crippen LogP contribution in [0.1, 0.15) is 33.5 Å². The summed E-state index contributed by atoms with van der Waals surface area (Å²) in [6.45, 7) is 1.67. The second kappa shape index (κ2) is 7.71. The molecule has 6 nitrogen and oxygen atoms in total. The van der Waals surface area contributed by atoms with E-state index in [0.29, 0.717) is 17.9 Å². The molecule has 2 aromatic carbocycles. The number of H-pyrrole nitrogens is 2. The fourth-order valence-corrected chi connectivity index (χ4v) is 3.41. The van der Waals surface area contributed by atoms with E-state index in [0.717, 1.165) is 16.5 Å². The van der Waals surface area contributed by atoms with Crippen LogP contribution in [0.4, 0.5) is 4.39 Å². The normalized spacial score (nSPS) is 12.1. The highest BCUT2D eigenvalue weighted by molar-refractivity contribution is 5.94. The lowest BCUT2D eigenvalue weighted by atomic mass is 10.0. The molecule has 146 valence electrons. The van der Waals surface area contributed by atoms with Gasteiger partial charge in [0.1, 0.15) is 11.6 Å². The van der Waals surface area contributed by atoms with E-state index in [2.05, 4.69) is 20.3 Å². The number of para-hydroxylation sites is 1.